The van der Waals surface area contributed by atoms with Gasteiger partial charge in [-0.15, -0.1) is 0 Å². The van der Waals surface area contributed by atoms with Gasteiger partial charge in [0.15, 0.2) is 0 Å². The van der Waals surface area contributed by atoms with Gasteiger partial charge in [-0.2, -0.15) is 0 Å². The van der Waals surface area contributed by atoms with Gasteiger partial charge < -0.3 is 10.2 Å². The molecule has 162 valence electrons. The fourth-order valence-corrected chi connectivity index (χ4v) is 3.70. The van der Waals surface area contributed by atoms with Crippen LogP contribution >= 0.6 is 23.2 Å². The minimum absolute atomic E-state index is 0.0896. The van der Waals surface area contributed by atoms with Crippen LogP contribution in [-0.2, 0) is 22.6 Å². The van der Waals surface area contributed by atoms with Crippen molar-refractivity contribution in [1.29, 1.82) is 0 Å². The van der Waals surface area contributed by atoms with E-state index in [2.05, 4.69) is 5.32 Å². The Morgan fingerprint density at radius 2 is 1.77 bits per heavy atom. The smallest absolute Gasteiger partial charge is 0.242 e. The first-order valence-corrected chi connectivity index (χ1v) is 11.1. The lowest BCUT2D eigenvalue weighted by Crippen LogP contribution is -2.49. The topological polar surface area (TPSA) is 49.4 Å². The third-order valence-corrected chi connectivity index (χ3v) is 5.86. The van der Waals surface area contributed by atoms with Crippen molar-refractivity contribution < 1.29 is 9.59 Å². The highest BCUT2D eigenvalue weighted by Crippen LogP contribution is 2.24. The molecule has 6 heteroatoms. The summed E-state index contributed by atoms with van der Waals surface area (Å²) in [6.45, 7) is 8.80. The number of rotatable bonds is 9. The van der Waals surface area contributed by atoms with Crippen LogP contribution in [0.5, 0.6) is 0 Å². The number of carbonyl (C=O) groups is 2. The summed E-state index contributed by atoms with van der Waals surface area (Å²) >= 11 is 12.2. The number of aryl methyl sites for hydroxylation is 2. The molecule has 0 fully saturated rings. The van der Waals surface area contributed by atoms with Crippen molar-refractivity contribution in [1.82, 2.24) is 10.2 Å². The molecule has 0 aliphatic rings. The van der Waals surface area contributed by atoms with Gasteiger partial charge in [-0.05, 0) is 55.5 Å². The molecule has 0 aliphatic heterocycles. The lowest BCUT2D eigenvalue weighted by Gasteiger charge is -2.31. The summed E-state index contributed by atoms with van der Waals surface area (Å²) in [5.41, 5.74) is 3.97. The van der Waals surface area contributed by atoms with Gasteiger partial charge in [0, 0.05) is 13.1 Å². The zero-order valence-electron chi connectivity index (χ0n) is 18.1. The number of carbonyl (C=O) groups excluding carboxylic acids is 2. The van der Waals surface area contributed by atoms with Gasteiger partial charge in [0.1, 0.15) is 6.04 Å². The van der Waals surface area contributed by atoms with Crippen molar-refractivity contribution in [2.75, 3.05) is 6.54 Å². The molecule has 2 aromatic carbocycles. The first kappa shape index (κ1) is 24.2. The molecule has 1 unspecified atom stereocenters. The third-order valence-electron chi connectivity index (χ3n) is 5.12. The molecule has 4 nitrogen and oxygen atoms in total. The molecule has 0 spiro atoms. The largest absolute Gasteiger partial charge is 0.354 e. The molecular weight excluding hydrogens is 419 g/mol. The van der Waals surface area contributed by atoms with E-state index in [0.29, 0.717) is 29.6 Å². The summed E-state index contributed by atoms with van der Waals surface area (Å²) in [5.74, 6) is -0.220. The Kier molecular flexibility index (Phi) is 9.19. The predicted octanol–water partition coefficient (Wildman–Crippen LogP) is 5.49. The van der Waals surface area contributed by atoms with Crippen LogP contribution in [0, 0.1) is 13.8 Å². The van der Waals surface area contributed by atoms with Crippen LogP contribution in [-0.4, -0.2) is 29.3 Å². The number of benzene rings is 2. The Balaban J connectivity index is 2.34. The summed E-state index contributed by atoms with van der Waals surface area (Å²) in [7, 11) is 0. The van der Waals surface area contributed by atoms with Crippen LogP contribution in [0.15, 0.2) is 36.4 Å². The second-order valence-electron chi connectivity index (χ2n) is 7.59. The van der Waals surface area contributed by atoms with E-state index in [-0.39, 0.29) is 18.2 Å². The maximum atomic E-state index is 13.4. The standard InChI is InChI=1S/C24H30Cl2N2O2/c1-5-11-27-24(30)22(6-2)28(15-18-9-10-20(25)21(26)13-18)23(29)14-19-12-16(3)7-8-17(19)4/h7-10,12-13,22H,5-6,11,14-15H2,1-4H3,(H,27,30). The van der Waals surface area contributed by atoms with Crippen molar-refractivity contribution in [3.63, 3.8) is 0 Å². The van der Waals surface area contributed by atoms with E-state index in [1.54, 1.807) is 17.0 Å². The maximum absolute atomic E-state index is 13.4. The Bertz CT molecular complexity index is 899. The number of nitrogens with zero attached hydrogens (tertiary/aromatic N) is 1. The Morgan fingerprint density at radius 1 is 1.03 bits per heavy atom. The molecule has 0 saturated carbocycles. The molecule has 0 aromatic heterocycles. The van der Waals surface area contributed by atoms with E-state index < -0.39 is 6.04 Å². The molecule has 0 aliphatic carbocycles. The highest BCUT2D eigenvalue weighted by molar-refractivity contribution is 6.42. The van der Waals surface area contributed by atoms with Gasteiger partial charge in [-0.3, -0.25) is 9.59 Å². The highest BCUT2D eigenvalue weighted by atomic mass is 35.5. The molecule has 2 aromatic rings. The number of nitrogens with one attached hydrogen (secondary N) is 1. The molecule has 2 rings (SSSR count). The second kappa shape index (κ2) is 11.4. The first-order chi connectivity index (χ1) is 14.3. The van der Waals surface area contributed by atoms with Crippen LogP contribution in [0.3, 0.4) is 0 Å². The van der Waals surface area contributed by atoms with Crippen LogP contribution in [0.1, 0.15) is 48.9 Å². The quantitative estimate of drug-likeness (QED) is 0.551. The summed E-state index contributed by atoms with van der Waals surface area (Å²) in [6, 6.07) is 10.8. The van der Waals surface area contributed by atoms with E-state index in [1.807, 2.05) is 52.0 Å². The molecule has 30 heavy (non-hydrogen) atoms. The Morgan fingerprint density at radius 3 is 2.40 bits per heavy atom. The van der Waals surface area contributed by atoms with E-state index in [0.717, 1.165) is 28.7 Å². The summed E-state index contributed by atoms with van der Waals surface area (Å²) in [4.78, 5) is 27.9. The highest BCUT2D eigenvalue weighted by Gasteiger charge is 2.28. The lowest BCUT2D eigenvalue weighted by atomic mass is 10.0. The average Bonchev–Trinajstić information content (AvgIpc) is 2.71. The van der Waals surface area contributed by atoms with Crippen molar-refractivity contribution in [3.8, 4) is 0 Å². The molecule has 0 heterocycles. The first-order valence-electron chi connectivity index (χ1n) is 10.3. The van der Waals surface area contributed by atoms with Gasteiger partial charge in [0.2, 0.25) is 11.8 Å². The lowest BCUT2D eigenvalue weighted by molar-refractivity contribution is -0.140. The number of hydrogen-bond acceptors (Lipinski definition) is 2. The minimum atomic E-state index is -0.552. The second-order valence-corrected chi connectivity index (χ2v) is 8.41. The van der Waals surface area contributed by atoms with Crippen LogP contribution in [0.2, 0.25) is 10.0 Å². The number of amides is 2. The fourth-order valence-electron chi connectivity index (χ4n) is 3.38. The number of hydrogen-bond donors (Lipinski definition) is 1. The normalized spacial score (nSPS) is 11.8. The van der Waals surface area contributed by atoms with E-state index in [4.69, 9.17) is 23.2 Å². The van der Waals surface area contributed by atoms with E-state index in [9.17, 15) is 9.59 Å². The SMILES string of the molecule is CCCNC(=O)C(CC)N(Cc1ccc(Cl)c(Cl)c1)C(=O)Cc1cc(C)ccc1C. The molecule has 1 atom stereocenters. The minimum Gasteiger partial charge on any atom is -0.354 e. The average molecular weight is 449 g/mol. The number of halogens is 2. The molecule has 2 amide bonds. The predicted molar refractivity (Wildman–Crippen MR) is 124 cm³/mol. The third kappa shape index (κ3) is 6.48. The van der Waals surface area contributed by atoms with Gasteiger partial charge in [-0.25, -0.2) is 0 Å². The monoisotopic (exact) mass is 448 g/mol. The Hall–Kier alpha value is -2.04. The van der Waals surface area contributed by atoms with Gasteiger partial charge in [-0.1, -0.05) is 66.9 Å². The molecule has 0 saturated heterocycles. The fraction of sp³-hybridized carbons (Fsp3) is 0.417. The van der Waals surface area contributed by atoms with Crippen molar-refractivity contribution in [2.45, 2.75) is 59.5 Å². The molecule has 0 bridgehead atoms. The molecular formula is C24H30Cl2N2O2. The zero-order chi connectivity index (χ0) is 22.3. The van der Waals surface area contributed by atoms with Gasteiger partial charge >= 0.3 is 0 Å². The van der Waals surface area contributed by atoms with E-state index >= 15 is 0 Å². The van der Waals surface area contributed by atoms with Crippen LogP contribution < -0.4 is 5.32 Å². The molecule has 0 radical (unpaired) electrons. The van der Waals surface area contributed by atoms with E-state index in [1.165, 1.54) is 0 Å². The zero-order valence-corrected chi connectivity index (χ0v) is 19.6. The summed E-state index contributed by atoms with van der Waals surface area (Å²) in [5, 5.41) is 3.82. The molecule has 1 N–H and O–H groups in total. The van der Waals surface area contributed by atoms with Gasteiger partial charge in [0.05, 0.1) is 16.5 Å². The van der Waals surface area contributed by atoms with Crippen LogP contribution in [0.25, 0.3) is 0 Å². The van der Waals surface area contributed by atoms with Crippen molar-refractivity contribution >= 4 is 35.0 Å². The summed E-state index contributed by atoms with van der Waals surface area (Å²) < 4.78 is 0. The summed E-state index contributed by atoms with van der Waals surface area (Å²) in [6.07, 6.45) is 1.60. The van der Waals surface area contributed by atoms with Crippen molar-refractivity contribution in [2.24, 2.45) is 0 Å². The van der Waals surface area contributed by atoms with Crippen molar-refractivity contribution in [3.05, 3.63) is 68.7 Å². The van der Waals surface area contributed by atoms with Gasteiger partial charge in [0.25, 0.3) is 0 Å². The maximum Gasteiger partial charge on any atom is 0.242 e. The van der Waals surface area contributed by atoms with Crippen LogP contribution in [0.4, 0.5) is 0 Å². The Labute approximate surface area is 189 Å².